The van der Waals surface area contributed by atoms with Crippen LogP contribution in [0.5, 0.6) is 0 Å². The smallest absolute Gasteiger partial charge is 0.408 e. The lowest BCUT2D eigenvalue weighted by atomic mass is 9.91. The summed E-state index contributed by atoms with van der Waals surface area (Å²) in [6, 6.07) is 4.50. The van der Waals surface area contributed by atoms with Gasteiger partial charge in [0, 0.05) is 12.6 Å². The molecular weight excluding hydrogens is 490 g/mol. The highest BCUT2D eigenvalue weighted by Gasteiger charge is 2.36. The van der Waals surface area contributed by atoms with Crippen LogP contribution >= 0.6 is 0 Å². The lowest BCUT2D eigenvalue weighted by Crippen LogP contribution is -2.53. The van der Waals surface area contributed by atoms with Crippen LogP contribution in [0.3, 0.4) is 0 Å². The van der Waals surface area contributed by atoms with Crippen molar-refractivity contribution in [3.63, 3.8) is 0 Å². The number of ether oxygens (including phenoxy) is 1. The minimum Gasteiger partial charge on any atom is -0.444 e. The molecule has 1 saturated carbocycles. The molecule has 1 aliphatic rings. The summed E-state index contributed by atoms with van der Waals surface area (Å²) in [5.41, 5.74) is 2.15. The van der Waals surface area contributed by atoms with Crippen LogP contribution in [0.4, 0.5) is 4.79 Å². The van der Waals surface area contributed by atoms with Crippen LogP contribution in [-0.4, -0.2) is 47.0 Å². The molecule has 1 aromatic rings. The predicted octanol–water partition coefficient (Wildman–Crippen LogP) is 6.90. The molecule has 1 aromatic carbocycles. The van der Waals surface area contributed by atoms with Crippen LogP contribution in [0, 0.1) is 13.8 Å². The summed E-state index contributed by atoms with van der Waals surface area (Å²) in [4.78, 5) is 42.3. The summed E-state index contributed by atoms with van der Waals surface area (Å²) >= 11 is 0. The van der Waals surface area contributed by atoms with Crippen LogP contribution in [0.1, 0.15) is 128 Å². The number of nitrogens with one attached hydrogen (secondary N) is 2. The zero-order valence-corrected chi connectivity index (χ0v) is 25.5. The quantitative estimate of drug-likeness (QED) is 0.265. The molecule has 0 bridgehead atoms. The highest BCUT2D eigenvalue weighted by molar-refractivity contribution is 5.92. The number of nitrogens with zero attached hydrogens (tertiary/aromatic N) is 1. The van der Waals surface area contributed by atoms with E-state index in [2.05, 4.69) is 17.6 Å². The fourth-order valence-corrected chi connectivity index (χ4v) is 5.44. The standard InChI is InChI=1S/C32H53N3O4/c1-8-9-10-11-12-16-22-35(30(37)25(4)33-31(38)39-32(5,6)7)28(27-23(2)18-17-19-24(27)3)29(36)34-26-20-14-13-15-21-26/h17-19,25-26,28H,8-16,20-22H2,1-7H3,(H,33,38)(H,34,36). The number of carbonyl (C=O) groups is 3. The normalized spacial score (nSPS) is 15.8. The Bertz CT molecular complexity index is 914. The lowest BCUT2D eigenvalue weighted by molar-refractivity contribution is -0.142. The summed E-state index contributed by atoms with van der Waals surface area (Å²) in [5.74, 6) is -0.413. The van der Waals surface area contributed by atoms with E-state index in [0.717, 1.165) is 61.6 Å². The predicted molar refractivity (Wildman–Crippen MR) is 158 cm³/mol. The van der Waals surface area contributed by atoms with Crippen LogP contribution in [0.15, 0.2) is 18.2 Å². The maximum Gasteiger partial charge on any atom is 0.408 e. The third kappa shape index (κ3) is 10.8. The highest BCUT2D eigenvalue weighted by Crippen LogP contribution is 2.30. The van der Waals surface area contributed by atoms with Gasteiger partial charge in [-0.1, -0.05) is 76.5 Å². The van der Waals surface area contributed by atoms with Crippen LogP contribution in [-0.2, 0) is 14.3 Å². The fourth-order valence-electron chi connectivity index (χ4n) is 5.44. The average molecular weight is 544 g/mol. The molecule has 220 valence electrons. The first-order chi connectivity index (χ1) is 18.4. The number of hydrogen-bond acceptors (Lipinski definition) is 4. The zero-order chi connectivity index (χ0) is 29.0. The van der Waals surface area contributed by atoms with Gasteiger partial charge in [0.25, 0.3) is 0 Å². The zero-order valence-electron chi connectivity index (χ0n) is 25.5. The SMILES string of the molecule is CCCCCCCCN(C(=O)C(C)NC(=O)OC(C)(C)C)C(C(=O)NC1CCCCC1)c1c(C)cccc1C. The molecule has 3 amide bonds. The van der Waals surface area contributed by atoms with Gasteiger partial charge in [-0.25, -0.2) is 4.79 Å². The summed E-state index contributed by atoms with van der Waals surface area (Å²) in [6.07, 6.45) is 11.1. The van der Waals surface area contributed by atoms with Gasteiger partial charge in [-0.3, -0.25) is 9.59 Å². The molecule has 39 heavy (non-hydrogen) atoms. The molecule has 2 N–H and O–H groups in total. The maximum atomic E-state index is 14.1. The largest absolute Gasteiger partial charge is 0.444 e. The monoisotopic (exact) mass is 543 g/mol. The minimum absolute atomic E-state index is 0.126. The second-order valence-corrected chi connectivity index (χ2v) is 12.2. The second kappa shape index (κ2) is 15.9. The van der Waals surface area contributed by atoms with E-state index in [9.17, 15) is 14.4 Å². The molecule has 0 aromatic heterocycles. The van der Waals surface area contributed by atoms with E-state index in [4.69, 9.17) is 4.74 Å². The van der Waals surface area contributed by atoms with Crippen LogP contribution in [0.2, 0.25) is 0 Å². The minimum atomic E-state index is -0.839. The van der Waals surface area contributed by atoms with Gasteiger partial charge in [0.05, 0.1) is 0 Å². The Labute approximate surface area is 236 Å². The number of carbonyl (C=O) groups excluding carboxylic acids is 3. The Kier molecular flexibility index (Phi) is 13.3. The van der Waals surface area contributed by atoms with Crippen molar-refractivity contribution in [3.05, 3.63) is 34.9 Å². The number of benzene rings is 1. The summed E-state index contributed by atoms with van der Waals surface area (Å²) in [5, 5.41) is 6.00. The summed E-state index contributed by atoms with van der Waals surface area (Å²) in [6.45, 7) is 13.7. The molecule has 7 heteroatoms. The maximum absolute atomic E-state index is 14.1. The van der Waals surface area contributed by atoms with Crippen molar-refractivity contribution < 1.29 is 19.1 Å². The summed E-state index contributed by atoms with van der Waals surface area (Å²) in [7, 11) is 0. The van der Waals surface area contributed by atoms with E-state index in [1.165, 1.54) is 25.7 Å². The molecular formula is C32H53N3O4. The second-order valence-electron chi connectivity index (χ2n) is 12.2. The number of hydrogen-bond donors (Lipinski definition) is 2. The van der Waals surface area contributed by atoms with Crippen molar-refractivity contribution in [1.29, 1.82) is 0 Å². The van der Waals surface area contributed by atoms with E-state index in [1.807, 2.05) is 32.0 Å². The molecule has 1 fully saturated rings. The van der Waals surface area contributed by atoms with Gasteiger partial charge in [0.15, 0.2) is 0 Å². The topological polar surface area (TPSA) is 87.7 Å². The van der Waals surface area contributed by atoms with Crippen molar-refractivity contribution >= 4 is 17.9 Å². The molecule has 0 heterocycles. The van der Waals surface area contributed by atoms with Gasteiger partial charge in [0.1, 0.15) is 17.7 Å². The van der Waals surface area contributed by atoms with Crippen LogP contribution in [0.25, 0.3) is 0 Å². The third-order valence-corrected chi connectivity index (χ3v) is 7.47. The Morgan fingerprint density at radius 1 is 0.974 bits per heavy atom. The first kappa shape index (κ1) is 32.6. The fraction of sp³-hybridized carbons (Fsp3) is 0.719. The molecule has 7 nitrogen and oxygen atoms in total. The average Bonchev–Trinajstić information content (AvgIpc) is 2.85. The van der Waals surface area contributed by atoms with Gasteiger partial charge in [-0.05, 0) is 77.5 Å². The van der Waals surface area contributed by atoms with E-state index in [-0.39, 0.29) is 17.9 Å². The molecule has 0 aliphatic heterocycles. The van der Waals surface area contributed by atoms with E-state index < -0.39 is 23.8 Å². The first-order valence-corrected chi connectivity index (χ1v) is 15.1. The Morgan fingerprint density at radius 2 is 1.56 bits per heavy atom. The molecule has 2 atom stereocenters. The third-order valence-electron chi connectivity index (χ3n) is 7.47. The summed E-state index contributed by atoms with van der Waals surface area (Å²) < 4.78 is 5.41. The van der Waals surface area contributed by atoms with Crippen molar-refractivity contribution in [2.75, 3.05) is 6.54 Å². The highest BCUT2D eigenvalue weighted by atomic mass is 16.6. The van der Waals surface area contributed by atoms with E-state index >= 15 is 0 Å². The molecule has 2 rings (SSSR count). The van der Waals surface area contributed by atoms with Gasteiger partial charge >= 0.3 is 6.09 Å². The lowest BCUT2D eigenvalue weighted by Gasteiger charge is -2.36. The van der Waals surface area contributed by atoms with E-state index in [1.54, 1.807) is 32.6 Å². The first-order valence-electron chi connectivity index (χ1n) is 15.1. The number of alkyl carbamates (subject to hydrolysis) is 1. The van der Waals surface area contributed by atoms with Gasteiger partial charge < -0.3 is 20.3 Å². The molecule has 2 unspecified atom stereocenters. The van der Waals surface area contributed by atoms with Gasteiger partial charge in [-0.15, -0.1) is 0 Å². The number of aryl methyl sites for hydroxylation is 2. The molecule has 0 radical (unpaired) electrons. The Hall–Kier alpha value is -2.57. The van der Waals surface area contributed by atoms with Gasteiger partial charge in [0.2, 0.25) is 11.8 Å². The number of rotatable bonds is 13. The molecule has 1 aliphatic carbocycles. The van der Waals surface area contributed by atoms with Crippen molar-refractivity contribution in [1.82, 2.24) is 15.5 Å². The number of amides is 3. The van der Waals surface area contributed by atoms with Crippen molar-refractivity contribution in [2.45, 2.75) is 143 Å². The van der Waals surface area contributed by atoms with Crippen LogP contribution < -0.4 is 10.6 Å². The number of unbranched alkanes of at least 4 members (excludes halogenated alkanes) is 5. The molecule has 0 spiro atoms. The van der Waals surface area contributed by atoms with E-state index in [0.29, 0.717) is 6.54 Å². The van der Waals surface area contributed by atoms with Crippen molar-refractivity contribution in [3.8, 4) is 0 Å². The van der Waals surface area contributed by atoms with Crippen molar-refractivity contribution in [2.24, 2.45) is 0 Å². The van der Waals surface area contributed by atoms with Gasteiger partial charge in [-0.2, -0.15) is 0 Å². The Balaban J connectivity index is 2.38. The molecule has 0 saturated heterocycles. The Morgan fingerprint density at radius 3 is 2.15 bits per heavy atom.